The summed E-state index contributed by atoms with van der Waals surface area (Å²) in [7, 11) is 1.82. The number of amides is 1. The number of aliphatic hydroxyl groups excluding tert-OH is 1. The van der Waals surface area contributed by atoms with Crippen LogP contribution < -0.4 is 0 Å². The molecule has 1 atom stereocenters. The quantitative estimate of drug-likeness (QED) is 0.902. The van der Waals surface area contributed by atoms with Crippen LogP contribution in [0.4, 0.5) is 0 Å². The van der Waals surface area contributed by atoms with E-state index in [9.17, 15) is 9.90 Å². The minimum Gasteiger partial charge on any atom is -0.396 e. The molecule has 2 rings (SSSR count). The van der Waals surface area contributed by atoms with Gasteiger partial charge in [0.2, 0.25) is 5.91 Å². The fraction of sp³-hybridized carbons (Fsp3) is 0.667. The third-order valence-corrected chi connectivity index (χ3v) is 5.26. The molecular weight excluding hydrogens is 308 g/mol. The number of aliphatic hydroxyl groups is 1. The first kappa shape index (κ1) is 16.7. The highest BCUT2D eigenvalue weighted by atomic mass is 35.5. The summed E-state index contributed by atoms with van der Waals surface area (Å²) in [6.45, 7) is 5.00. The zero-order valence-electron chi connectivity index (χ0n) is 12.6. The van der Waals surface area contributed by atoms with Crippen LogP contribution in [0.2, 0.25) is 4.34 Å². The third-order valence-electron chi connectivity index (χ3n) is 4.05. The predicted molar refractivity (Wildman–Crippen MR) is 86.7 cm³/mol. The van der Waals surface area contributed by atoms with Crippen molar-refractivity contribution in [3.8, 4) is 0 Å². The van der Waals surface area contributed by atoms with Crippen LogP contribution in [-0.4, -0.2) is 54.1 Å². The van der Waals surface area contributed by atoms with Crippen molar-refractivity contribution < 1.29 is 9.90 Å². The Morgan fingerprint density at radius 1 is 1.57 bits per heavy atom. The van der Waals surface area contributed by atoms with E-state index in [1.807, 2.05) is 19.2 Å². The van der Waals surface area contributed by atoms with E-state index in [1.165, 1.54) is 11.3 Å². The minimum atomic E-state index is -0.0711. The summed E-state index contributed by atoms with van der Waals surface area (Å²) < 4.78 is 0.751. The predicted octanol–water partition coefficient (Wildman–Crippen LogP) is 2.45. The van der Waals surface area contributed by atoms with Gasteiger partial charge in [-0.2, -0.15) is 0 Å². The highest BCUT2D eigenvalue weighted by molar-refractivity contribution is 7.16. The van der Waals surface area contributed by atoms with E-state index in [0.29, 0.717) is 13.1 Å². The SMILES string of the molecule is CN(Cc1ccc(Cl)s1)C(=O)CN1CCCC(C)(CO)C1. The summed E-state index contributed by atoms with van der Waals surface area (Å²) in [5.74, 6) is 0.113. The van der Waals surface area contributed by atoms with E-state index in [-0.39, 0.29) is 17.9 Å². The molecule has 0 radical (unpaired) electrons. The highest BCUT2D eigenvalue weighted by Gasteiger charge is 2.31. The number of halogens is 1. The first-order chi connectivity index (χ1) is 9.92. The Hall–Kier alpha value is -0.620. The van der Waals surface area contributed by atoms with Gasteiger partial charge in [-0.15, -0.1) is 11.3 Å². The van der Waals surface area contributed by atoms with Crippen LogP contribution in [0, 0.1) is 5.41 Å². The molecule has 1 aliphatic heterocycles. The van der Waals surface area contributed by atoms with E-state index in [0.717, 1.165) is 35.1 Å². The molecule has 1 aromatic rings. The molecule has 4 nitrogen and oxygen atoms in total. The number of piperidine rings is 1. The van der Waals surface area contributed by atoms with Gasteiger partial charge in [-0.1, -0.05) is 18.5 Å². The van der Waals surface area contributed by atoms with Crippen LogP contribution >= 0.6 is 22.9 Å². The first-order valence-electron chi connectivity index (χ1n) is 7.23. The van der Waals surface area contributed by atoms with Gasteiger partial charge in [0.25, 0.3) is 0 Å². The Balaban J connectivity index is 1.85. The molecule has 1 fully saturated rings. The van der Waals surface area contributed by atoms with Crippen LogP contribution in [0.3, 0.4) is 0 Å². The molecule has 0 spiro atoms. The lowest BCUT2D eigenvalue weighted by Crippen LogP contribution is -2.47. The largest absolute Gasteiger partial charge is 0.396 e. The molecular formula is C15H23ClN2O2S. The van der Waals surface area contributed by atoms with E-state index >= 15 is 0 Å². The zero-order valence-corrected chi connectivity index (χ0v) is 14.2. The van der Waals surface area contributed by atoms with Crippen molar-refractivity contribution in [1.29, 1.82) is 0 Å². The number of carbonyl (C=O) groups is 1. The van der Waals surface area contributed by atoms with Gasteiger partial charge in [0, 0.05) is 30.5 Å². The maximum absolute atomic E-state index is 12.3. The second-order valence-corrected chi connectivity index (χ2v) is 8.04. The Labute approximate surface area is 135 Å². The second kappa shape index (κ2) is 7.09. The van der Waals surface area contributed by atoms with Crippen molar-refractivity contribution in [2.24, 2.45) is 5.41 Å². The van der Waals surface area contributed by atoms with Crippen molar-refractivity contribution in [2.75, 3.05) is 33.3 Å². The Morgan fingerprint density at radius 3 is 2.95 bits per heavy atom. The fourth-order valence-corrected chi connectivity index (χ4v) is 3.90. The highest BCUT2D eigenvalue weighted by Crippen LogP contribution is 2.28. The number of rotatable bonds is 5. The summed E-state index contributed by atoms with van der Waals surface area (Å²) >= 11 is 7.42. The van der Waals surface area contributed by atoms with E-state index in [2.05, 4.69) is 11.8 Å². The number of hydrogen-bond acceptors (Lipinski definition) is 4. The average molecular weight is 331 g/mol. The van der Waals surface area contributed by atoms with E-state index < -0.39 is 0 Å². The molecule has 21 heavy (non-hydrogen) atoms. The van der Waals surface area contributed by atoms with Crippen LogP contribution in [0.25, 0.3) is 0 Å². The summed E-state index contributed by atoms with van der Waals surface area (Å²) in [6.07, 6.45) is 2.06. The van der Waals surface area contributed by atoms with Gasteiger partial charge in [0.05, 0.1) is 17.4 Å². The van der Waals surface area contributed by atoms with Gasteiger partial charge in [-0.25, -0.2) is 0 Å². The van der Waals surface area contributed by atoms with Gasteiger partial charge in [0.1, 0.15) is 0 Å². The fourth-order valence-electron chi connectivity index (χ4n) is 2.76. The maximum Gasteiger partial charge on any atom is 0.236 e. The summed E-state index contributed by atoms with van der Waals surface area (Å²) in [6, 6.07) is 3.82. The van der Waals surface area contributed by atoms with Gasteiger partial charge in [-0.3, -0.25) is 9.69 Å². The number of nitrogens with zero attached hydrogens (tertiary/aromatic N) is 2. The normalized spacial score (nSPS) is 23.2. The van der Waals surface area contributed by atoms with Crippen LogP contribution in [0.15, 0.2) is 12.1 Å². The maximum atomic E-state index is 12.3. The standard InChI is InChI=1S/C15H23ClN2O2S/c1-15(11-19)6-3-7-18(10-15)9-14(20)17(2)8-12-4-5-13(16)21-12/h4-5,19H,3,6-11H2,1-2H3. The second-order valence-electron chi connectivity index (χ2n) is 6.24. The van der Waals surface area contributed by atoms with Gasteiger partial charge < -0.3 is 10.0 Å². The Bertz CT molecular complexity index is 494. The molecule has 2 heterocycles. The summed E-state index contributed by atoms with van der Waals surface area (Å²) in [5.41, 5.74) is -0.0711. The molecule has 1 aromatic heterocycles. The third kappa shape index (κ3) is 4.68. The first-order valence-corrected chi connectivity index (χ1v) is 8.43. The number of likely N-dealkylation sites (tertiary alicyclic amines) is 1. The molecule has 1 aliphatic rings. The zero-order chi connectivity index (χ0) is 15.5. The molecule has 1 N–H and O–H groups in total. The van der Waals surface area contributed by atoms with Gasteiger partial charge in [-0.05, 0) is 31.5 Å². The molecule has 0 aromatic carbocycles. The number of carbonyl (C=O) groups excluding carboxylic acids is 1. The summed E-state index contributed by atoms with van der Waals surface area (Å²) in [5, 5.41) is 9.48. The lowest BCUT2D eigenvalue weighted by atomic mass is 9.83. The monoisotopic (exact) mass is 330 g/mol. The smallest absolute Gasteiger partial charge is 0.236 e. The summed E-state index contributed by atoms with van der Waals surface area (Å²) in [4.78, 5) is 17.3. The van der Waals surface area contributed by atoms with E-state index in [4.69, 9.17) is 11.6 Å². The molecule has 1 amide bonds. The van der Waals surface area contributed by atoms with Crippen molar-refractivity contribution in [2.45, 2.75) is 26.3 Å². The van der Waals surface area contributed by atoms with Crippen molar-refractivity contribution in [3.63, 3.8) is 0 Å². The molecule has 1 unspecified atom stereocenters. The number of thiophene rings is 1. The van der Waals surface area contributed by atoms with Crippen molar-refractivity contribution in [3.05, 3.63) is 21.3 Å². The molecule has 1 saturated heterocycles. The average Bonchev–Trinajstić information content (AvgIpc) is 2.84. The van der Waals surface area contributed by atoms with Crippen LogP contribution in [0.5, 0.6) is 0 Å². The molecule has 6 heteroatoms. The number of hydrogen-bond donors (Lipinski definition) is 1. The van der Waals surface area contributed by atoms with Gasteiger partial charge >= 0.3 is 0 Å². The van der Waals surface area contributed by atoms with Crippen molar-refractivity contribution >= 4 is 28.8 Å². The molecule has 0 saturated carbocycles. The Kier molecular flexibility index (Phi) is 5.66. The van der Waals surface area contributed by atoms with Gasteiger partial charge in [0.15, 0.2) is 0 Å². The molecule has 118 valence electrons. The van der Waals surface area contributed by atoms with Crippen molar-refractivity contribution in [1.82, 2.24) is 9.80 Å². The lowest BCUT2D eigenvalue weighted by molar-refractivity contribution is -0.132. The molecule has 0 aliphatic carbocycles. The van der Waals surface area contributed by atoms with Crippen LogP contribution in [-0.2, 0) is 11.3 Å². The topological polar surface area (TPSA) is 43.8 Å². The van der Waals surface area contributed by atoms with Crippen LogP contribution in [0.1, 0.15) is 24.6 Å². The minimum absolute atomic E-state index is 0.0711. The number of likely N-dealkylation sites (N-methyl/N-ethyl adjacent to an activating group) is 1. The lowest BCUT2D eigenvalue weighted by Gasteiger charge is -2.39. The van der Waals surface area contributed by atoms with E-state index in [1.54, 1.807) is 4.90 Å². The molecule has 0 bridgehead atoms. The Morgan fingerprint density at radius 2 is 2.33 bits per heavy atom.